The van der Waals surface area contributed by atoms with Crippen molar-refractivity contribution in [2.45, 2.75) is 6.54 Å². The molecule has 0 fully saturated rings. The van der Waals surface area contributed by atoms with E-state index in [0.29, 0.717) is 17.7 Å². The highest BCUT2D eigenvalue weighted by Gasteiger charge is 2.07. The summed E-state index contributed by atoms with van der Waals surface area (Å²) in [5.74, 6) is 0.277. The van der Waals surface area contributed by atoms with Gasteiger partial charge in [0.25, 0.3) is 0 Å². The molecule has 0 aliphatic carbocycles. The summed E-state index contributed by atoms with van der Waals surface area (Å²) in [4.78, 5) is 30.8. The quantitative estimate of drug-likeness (QED) is 0.518. The molecule has 9 nitrogen and oxygen atoms in total. The summed E-state index contributed by atoms with van der Waals surface area (Å²) in [7, 11) is -4.37. The number of nitrogens with zero attached hydrogens (tertiary/aromatic N) is 4. The Morgan fingerprint density at radius 1 is 1.50 bits per heavy atom. The normalized spacial score (nSPS) is 14.8. The van der Waals surface area contributed by atoms with Crippen molar-refractivity contribution in [1.29, 1.82) is 0 Å². The van der Waals surface area contributed by atoms with Gasteiger partial charge in [0.2, 0.25) is 0 Å². The summed E-state index contributed by atoms with van der Waals surface area (Å²) in [5, 5.41) is 0. The monoisotopic (exact) mass is 272 g/mol. The van der Waals surface area contributed by atoms with Crippen LogP contribution in [0.1, 0.15) is 0 Å². The minimum absolute atomic E-state index is 0.0994. The topological polar surface area (TPSA) is 139 Å². The van der Waals surface area contributed by atoms with E-state index in [2.05, 4.69) is 15.0 Å². The van der Waals surface area contributed by atoms with Crippen molar-refractivity contribution in [2.24, 2.45) is 0 Å². The molecule has 3 N–H and O–H groups in total. The molecule has 18 heavy (non-hydrogen) atoms. The minimum Gasteiger partial charge on any atom is -0.777 e. The third-order valence-electron chi connectivity index (χ3n) is 2.16. The van der Waals surface area contributed by atoms with Crippen molar-refractivity contribution < 1.29 is 19.1 Å². The zero-order valence-corrected chi connectivity index (χ0v) is 10.2. The van der Waals surface area contributed by atoms with Crippen molar-refractivity contribution in [1.82, 2.24) is 19.5 Å². The highest BCUT2D eigenvalue weighted by Crippen LogP contribution is 2.27. The van der Waals surface area contributed by atoms with Gasteiger partial charge in [-0.25, -0.2) is 15.0 Å². The first-order chi connectivity index (χ1) is 8.47. The molecule has 0 bridgehead atoms. The molecular weight excluding hydrogens is 261 g/mol. The summed E-state index contributed by atoms with van der Waals surface area (Å²) in [6.07, 6.45) is 2.11. The molecule has 0 aliphatic heterocycles. The Labute approximate surface area is 102 Å². The summed E-state index contributed by atoms with van der Waals surface area (Å²) in [6, 6.07) is 0. The Balaban J connectivity index is 2.00. The number of aromatic nitrogens is 4. The number of nitrogen functional groups attached to an aromatic ring is 1. The van der Waals surface area contributed by atoms with Crippen LogP contribution in [0.25, 0.3) is 11.2 Å². The van der Waals surface area contributed by atoms with E-state index in [1.54, 1.807) is 4.57 Å². The Hall–Kier alpha value is -1.54. The Morgan fingerprint density at radius 2 is 2.28 bits per heavy atom. The van der Waals surface area contributed by atoms with Gasteiger partial charge in [-0.3, -0.25) is 0 Å². The lowest BCUT2D eigenvalue weighted by Crippen LogP contribution is -2.11. The summed E-state index contributed by atoms with van der Waals surface area (Å²) < 4.78 is 16.9. The van der Waals surface area contributed by atoms with E-state index in [9.17, 15) is 9.46 Å². The van der Waals surface area contributed by atoms with Crippen LogP contribution in [0.3, 0.4) is 0 Å². The Bertz CT molecular complexity index is 594. The van der Waals surface area contributed by atoms with Crippen molar-refractivity contribution in [3.8, 4) is 0 Å². The summed E-state index contributed by atoms with van der Waals surface area (Å²) in [6.45, 7) is 0.440. The number of anilines is 1. The fourth-order valence-corrected chi connectivity index (χ4v) is 1.77. The fourth-order valence-electron chi connectivity index (χ4n) is 1.41. The molecule has 0 saturated heterocycles. The Morgan fingerprint density at radius 3 is 3.00 bits per heavy atom. The van der Waals surface area contributed by atoms with Crippen LogP contribution >= 0.6 is 7.60 Å². The number of fused-ring (bicyclic) bond motifs is 1. The van der Waals surface area contributed by atoms with Gasteiger partial charge >= 0.3 is 0 Å². The Kier molecular flexibility index (Phi) is 3.58. The second-order valence-electron chi connectivity index (χ2n) is 3.54. The fraction of sp³-hybridized carbons (Fsp3) is 0.375. The van der Waals surface area contributed by atoms with E-state index in [0.717, 1.165) is 0 Å². The molecule has 0 amide bonds. The molecule has 2 rings (SSSR count). The number of hydrogen-bond donors (Lipinski definition) is 2. The van der Waals surface area contributed by atoms with E-state index < -0.39 is 13.9 Å². The van der Waals surface area contributed by atoms with Crippen LogP contribution in [0, 0.1) is 0 Å². The van der Waals surface area contributed by atoms with E-state index in [-0.39, 0.29) is 12.4 Å². The first-order valence-corrected chi connectivity index (χ1v) is 6.75. The molecule has 0 aromatic carbocycles. The zero-order valence-electron chi connectivity index (χ0n) is 9.26. The second kappa shape index (κ2) is 4.99. The molecule has 0 aliphatic rings. The predicted molar refractivity (Wildman–Crippen MR) is 60.4 cm³/mol. The smallest absolute Gasteiger partial charge is 0.165 e. The lowest BCUT2D eigenvalue weighted by molar-refractivity contribution is -0.198. The number of imidazole rings is 1. The van der Waals surface area contributed by atoms with Gasteiger partial charge < -0.3 is 29.4 Å². The average Bonchev–Trinajstić information content (AvgIpc) is 2.68. The number of hydrogen-bond acceptors (Lipinski definition) is 7. The molecule has 2 aromatic rings. The van der Waals surface area contributed by atoms with Crippen molar-refractivity contribution in [3.05, 3.63) is 12.7 Å². The maximum atomic E-state index is 10.5. The van der Waals surface area contributed by atoms with Crippen LogP contribution in [0.15, 0.2) is 12.7 Å². The molecule has 1 unspecified atom stereocenters. The van der Waals surface area contributed by atoms with Gasteiger partial charge in [-0.1, -0.05) is 0 Å². The van der Waals surface area contributed by atoms with Gasteiger partial charge in [0, 0.05) is 6.54 Å². The third-order valence-corrected chi connectivity index (χ3v) is 2.67. The largest absolute Gasteiger partial charge is 0.777 e. The van der Waals surface area contributed by atoms with Crippen molar-refractivity contribution >= 4 is 24.6 Å². The van der Waals surface area contributed by atoms with Crippen LogP contribution in [-0.4, -0.2) is 37.4 Å². The van der Waals surface area contributed by atoms with Crippen LogP contribution in [0.4, 0.5) is 5.82 Å². The maximum Gasteiger partial charge on any atom is 0.165 e. The van der Waals surface area contributed by atoms with Gasteiger partial charge in [0.15, 0.2) is 19.1 Å². The first-order valence-electron chi connectivity index (χ1n) is 4.99. The lowest BCUT2D eigenvalue weighted by Gasteiger charge is -2.15. The molecule has 2 heterocycles. The van der Waals surface area contributed by atoms with Gasteiger partial charge in [-0.05, 0) is 0 Å². The van der Waals surface area contributed by atoms with E-state index in [1.165, 1.54) is 12.7 Å². The average molecular weight is 272 g/mol. The van der Waals surface area contributed by atoms with Crippen LogP contribution in [0.2, 0.25) is 0 Å². The van der Waals surface area contributed by atoms with Crippen molar-refractivity contribution in [3.63, 3.8) is 0 Å². The van der Waals surface area contributed by atoms with Crippen LogP contribution < -0.4 is 10.6 Å². The van der Waals surface area contributed by atoms with E-state index in [1.807, 2.05) is 0 Å². The highest BCUT2D eigenvalue weighted by molar-refractivity contribution is 7.50. The summed E-state index contributed by atoms with van der Waals surface area (Å²) >= 11 is 0. The van der Waals surface area contributed by atoms with Gasteiger partial charge in [0.05, 0.1) is 12.9 Å². The van der Waals surface area contributed by atoms with Gasteiger partial charge in [-0.2, -0.15) is 0 Å². The maximum absolute atomic E-state index is 10.5. The van der Waals surface area contributed by atoms with Gasteiger partial charge in [-0.15, -0.1) is 0 Å². The number of ether oxygens (including phenoxy) is 1. The van der Waals surface area contributed by atoms with Crippen LogP contribution in [0.5, 0.6) is 0 Å². The zero-order chi connectivity index (χ0) is 13.2. The number of rotatable bonds is 5. The molecule has 0 saturated carbocycles. The predicted octanol–water partition coefficient (Wildman–Crippen LogP) is -1.07. The van der Waals surface area contributed by atoms with Crippen molar-refractivity contribution in [2.75, 3.05) is 18.7 Å². The molecule has 2 aromatic heterocycles. The van der Waals surface area contributed by atoms with E-state index in [4.69, 9.17) is 15.4 Å². The molecule has 10 heteroatoms. The lowest BCUT2D eigenvalue weighted by atomic mass is 10.5. The standard InChI is InChI=1S/C8H12N5O4P/c9-7-6-8(11-3-10-7)13(4-12-6)1-2-17-5-18(14,15)16/h3-4H,1-2,5H2,(H2,9,10,11)(H2,14,15,16)/p-1. The minimum atomic E-state index is -4.37. The first kappa shape index (κ1) is 12.9. The summed E-state index contributed by atoms with van der Waals surface area (Å²) in [5.41, 5.74) is 6.63. The third kappa shape index (κ3) is 3.02. The molecule has 0 spiro atoms. The second-order valence-corrected chi connectivity index (χ2v) is 5.08. The molecule has 0 radical (unpaired) electrons. The number of nitrogens with two attached hydrogens (primary N) is 1. The highest BCUT2D eigenvalue weighted by atomic mass is 31.2. The van der Waals surface area contributed by atoms with E-state index >= 15 is 0 Å². The van der Waals surface area contributed by atoms with Gasteiger partial charge in [0.1, 0.15) is 18.2 Å². The molecular formula is C8H11N5O4P-. The molecule has 1 atom stereocenters. The van der Waals surface area contributed by atoms with Crippen LogP contribution in [-0.2, 0) is 15.8 Å². The SMILES string of the molecule is Nc1ncnc2c1ncn2CCOCP(=O)([O-])O. The molecule has 98 valence electrons.